The summed E-state index contributed by atoms with van der Waals surface area (Å²) in [5.41, 5.74) is 0. The second-order valence-corrected chi connectivity index (χ2v) is 4.98. The van der Waals surface area contributed by atoms with E-state index in [0.29, 0.717) is 18.1 Å². The van der Waals surface area contributed by atoms with Crippen LogP contribution < -0.4 is 10.6 Å². The SMILES string of the molecule is CCOC(CCNC(=NC)NC(C)CC)C(C)C. The number of nitrogens with zero attached hydrogens (tertiary/aromatic N) is 1. The fraction of sp³-hybridized carbons (Fsp3) is 0.929. The summed E-state index contributed by atoms with van der Waals surface area (Å²) in [6, 6.07) is 0.448. The second kappa shape index (κ2) is 10.2. The summed E-state index contributed by atoms with van der Waals surface area (Å²) in [5, 5.41) is 6.69. The predicted octanol–water partition coefficient (Wildman–Crippen LogP) is 2.40. The Morgan fingerprint density at radius 3 is 2.33 bits per heavy atom. The van der Waals surface area contributed by atoms with Crippen LogP contribution in [0, 0.1) is 5.92 Å². The van der Waals surface area contributed by atoms with Crippen LogP contribution >= 0.6 is 0 Å². The molecule has 0 fully saturated rings. The van der Waals surface area contributed by atoms with E-state index in [1.54, 1.807) is 7.05 Å². The van der Waals surface area contributed by atoms with Gasteiger partial charge in [0.1, 0.15) is 0 Å². The first-order valence-electron chi connectivity index (χ1n) is 7.13. The highest BCUT2D eigenvalue weighted by atomic mass is 16.5. The molecule has 108 valence electrons. The standard InChI is InChI=1S/C14H31N3O/c1-7-12(5)17-14(15-6)16-10-9-13(11(3)4)18-8-2/h11-13H,7-10H2,1-6H3,(H2,15,16,17). The minimum Gasteiger partial charge on any atom is -0.378 e. The molecule has 0 aliphatic heterocycles. The lowest BCUT2D eigenvalue weighted by molar-refractivity contribution is 0.0258. The molecule has 0 heterocycles. The molecule has 0 amide bonds. The van der Waals surface area contributed by atoms with Gasteiger partial charge >= 0.3 is 0 Å². The Balaban J connectivity index is 3.98. The summed E-state index contributed by atoms with van der Waals surface area (Å²) < 4.78 is 5.72. The Morgan fingerprint density at radius 1 is 1.22 bits per heavy atom. The maximum absolute atomic E-state index is 5.72. The molecular formula is C14H31N3O. The fourth-order valence-corrected chi connectivity index (χ4v) is 1.69. The Bertz CT molecular complexity index is 229. The Kier molecular flexibility index (Phi) is 9.74. The number of nitrogens with one attached hydrogen (secondary N) is 2. The van der Waals surface area contributed by atoms with Gasteiger partial charge < -0.3 is 15.4 Å². The molecule has 0 saturated heterocycles. The highest BCUT2D eigenvalue weighted by molar-refractivity contribution is 5.79. The minimum absolute atomic E-state index is 0.323. The zero-order chi connectivity index (χ0) is 14.0. The van der Waals surface area contributed by atoms with Crippen LogP contribution in [0.25, 0.3) is 0 Å². The van der Waals surface area contributed by atoms with Crippen molar-refractivity contribution in [3.8, 4) is 0 Å². The molecule has 2 N–H and O–H groups in total. The Morgan fingerprint density at radius 2 is 1.89 bits per heavy atom. The van der Waals surface area contributed by atoms with Gasteiger partial charge in [-0.25, -0.2) is 0 Å². The van der Waals surface area contributed by atoms with E-state index in [1.807, 2.05) is 6.92 Å². The summed E-state index contributed by atoms with van der Waals surface area (Å²) in [7, 11) is 1.81. The van der Waals surface area contributed by atoms with Crippen molar-refractivity contribution in [1.82, 2.24) is 10.6 Å². The zero-order valence-corrected chi connectivity index (χ0v) is 12.9. The van der Waals surface area contributed by atoms with Gasteiger partial charge in [0.25, 0.3) is 0 Å². The number of aliphatic imine (C=N–C) groups is 1. The number of guanidine groups is 1. The van der Waals surface area contributed by atoms with Crippen LogP contribution in [0.1, 0.15) is 47.5 Å². The molecule has 0 bridgehead atoms. The van der Waals surface area contributed by atoms with Gasteiger partial charge in [-0.15, -0.1) is 0 Å². The van der Waals surface area contributed by atoms with Crippen LogP contribution in [0.4, 0.5) is 0 Å². The highest BCUT2D eigenvalue weighted by Crippen LogP contribution is 2.09. The van der Waals surface area contributed by atoms with E-state index < -0.39 is 0 Å². The average molecular weight is 257 g/mol. The molecule has 0 saturated carbocycles. The third-order valence-electron chi connectivity index (χ3n) is 3.06. The minimum atomic E-state index is 0.323. The first-order valence-corrected chi connectivity index (χ1v) is 7.13. The molecule has 2 unspecified atom stereocenters. The van der Waals surface area contributed by atoms with Gasteiger partial charge in [-0.1, -0.05) is 20.8 Å². The lowest BCUT2D eigenvalue weighted by Gasteiger charge is -2.22. The molecule has 0 rings (SSSR count). The normalized spacial score (nSPS) is 15.6. The smallest absolute Gasteiger partial charge is 0.191 e. The van der Waals surface area contributed by atoms with Crippen molar-refractivity contribution in [2.75, 3.05) is 20.2 Å². The van der Waals surface area contributed by atoms with E-state index in [1.165, 1.54) is 0 Å². The van der Waals surface area contributed by atoms with Crippen molar-refractivity contribution in [1.29, 1.82) is 0 Å². The van der Waals surface area contributed by atoms with Crippen molar-refractivity contribution in [2.24, 2.45) is 10.9 Å². The quantitative estimate of drug-likeness (QED) is 0.518. The van der Waals surface area contributed by atoms with E-state index in [9.17, 15) is 0 Å². The molecule has 0 aliphatic carbocycles. The predicted molar refractivity (Wildman–Crippen MR) is 79.1 cm³/mol. The van der Waals surface area contributed by atoms with Gasteiger partial charge in [0.2, 0.25) is 0 Å². The molecule has 0 radical (unpaired) electrons. The molecule has 0 spiro atoms. The molecule has 0 aromatic rings. The van der Waals surface area contributed by atoms with Crippen LogP contribution in [0.3, 0.4) is 0 Å². The largest absolute Gasteiger partial charge is 0.378 e. The van der Waals surface area contributed by atoms with Gasteiger partial charge in [-0.3, -0.25) is 4.99 Å². The van der Waals surface area contributed by atoms with Crippen LogP contribution in [-0.2, 0) is 4.74 Å². The van der Waals surface area contributed by atoms with Gasteiger partial charge in [-0.05, 0) is 32.6 Å². The summed E-state index contributed by atoms with van der Waals surface area (Å²) in [6.07, 6.45) is 2.42. The molecule has 4 nitrogen and oxygen atoms in total. The Labute approximate surface area is 113 Å². The van der Waals surface area contributed by atoms with E-state index in [2.05, 4.69) is 43.3 Å². The lowest BCUT2D eigenvalue weighted by Crippen LogP contribution is -2.43. The number of ether oxygens (including phenoxy) is 1. The summed E-state index contributed by atoms with van der Waals surface area (Å²) >= 11 is 0. The van der Waals surface area contributed by atoms with Gasteiger partial charge in [-0.2, -0.15) is 0 Å². The van der Waals surface area contributed by atoms with Gasteiger partial charge in [0.05, 0.1) is 6.10 Å². The third kappa shape index (κ3) is 7.54. The average Bonchev–Trinajstić information content (AvgIpc) is 2.35. The lowest BCUT2D eigenvalue weighted by atomic mass is 10.0. The molecule has 2 atom stereocenters. The molecule has 0 aromatic carbocycles. The third-order valence-corrected chi connectivity index (χ3v) is 3.06. The number of hydrogen-bond donors (Lipinski definition) is 2. The van der Waals surface area contributed by atoms with Crippen molar-refractivity contribution in [2.45, 2.75) is 59.6 Å². The zero-order valence-electron chi connectivity index (χ0n) is 12.9. The second-order valence-electron chi connectivity index (χ2n) is 4.98. The molecule has 0 aromatic heterocycles. The van der Waals surface area contributed by atoms with Crippen LogP contribution in [0.5, 0.6) is 0 Å². The number of hydrogen-bond acceptors (Lipinski definition) is 2. The summed E-state index contributed by atoms with van der Waals surface area (Å²) in [5.74, 6) is 1.43. The molecule has 0 aliphatic rings. The van der Waals surface area contributed by atoms with Crippen molar-refractivity contribution < 1.29 is 4.74 Å². The topological polar surface area (TPSA) is 45.6 Å². The summed E-state index contributed by atoms with van der Waals surface area (Å²) in [4.78, 5) is 4.22. The fourth-order valence-electron chi connectivity index (χ4n) is 1.69. The Hall–Kier alpha value is -0.770. The van der Waals surface area contributed by atoms with Crippen LogP contribution in [0.15, 0.2) is 4.99 Å². The van der Waals surface area contributed by atoms with Crippen LogP contribution in [-0.4, -0.2) is 38.3 Å². The van der Waals surface area contributed by atoms with Crippen LogP contribution in [0.2, 0.25) is 0 Å². The van der Waals surface area contributed by atoms with Gasteiger partial charge in [0.15, 0.2) is 5.96 Å². The first kappa shape index (κ1) is 17.2. The monoisotopic (exact) mass is 257 g/mol. The van der Waals surface area contributed by atoms with Crippen molar-refractivity contribution in [3.63, 3.8) is 0 Å². The van der Waals surface area contributed by atoms with E-state index in [-0.39, 0.29) is 0 Å². The molecular weight excluding hydrogens is 226 g/mol. The maximum atomic E-state index is 5.72. The first-order chi connectivity index (χ1) is 8.54. The van der Waals surface area contributed by atoms with Crippen molar-refractivity contribution >= 4 is 5.96 Å². The summed E-state index contributed by atoms with van der Waals surface area (Å²) in [6.45, 7) is 12.4. The van der Waals surface area contributed by atoms with E-state index in [0.717, 1.165) is 32.0 Å². The van der Waals surface area contributed by atoms with E-state index >= 15 is 0 Å². The highest BCUT2D eigenvalue weighted by Gasteiger charge is 2.13. The van der Waals surface area contributed by atoms with Gasteiger partial charge in [0, 0.05) is 26.2 Å². The molecule has 18 heavy (non-hydrogen) atoms. The molecule has 4 heteroatoms. The maximum Gasteiger partial charge on any atom is 0.191 e. The van der Waals surface area contributed by atoms with Crippen molar-refractivity contribution in [3.05, 3.63) is 0 Å². The number of rotatable bonds is 8. The van der Waals surface area contributed by atoms with E-state index in [4.69, 9.17) is 4.74 Å².